The zero-order valence-electron chi connectivity index (χ0n) is 17.2. The second-order valence-electron chi connectivity index (χ2n) is 8.51. The molecule has 3 fully saturated rings. The minimum absolute atomic E-state index is 0.177. The molecule has 29 heavy (non-hydrogen) atoms. The first-order valence-corrected chi connectivity index (χ1v) is 10.7. The largest absolute Gasteiger partial charge is 0.450 e. The Bertz CT molecular complexity index is 712. The monoisotopic (exact) mass is 401 g/mol. The van der Waals surface area contributed by atoms with Gasteiger partial charge < -0.3 is 19.3 Å². The third-order valence-electron chi connectivity index (χ3n) is 6.55. The van der Waals surface area contributed by atoms with Crippen molar-refractivity contribution in [2.24, 2.45) is 5.41 Å². The molecule has 1 saturated carbocycles. The molecule has 0 unspecified atom stereocenters. The number of likely N-dealkylation sites (tertiary alicyclic amines) is 1. The Labute approximate surface area is 172 Å². The van der Waals surface area contributed by atoms with Gasteiger partial charge in [-0.25, -0.2) is 9.59 Å². The first kappa shape index (κ1) is 20.0. The van der Waals surface area contributed by atoms with Crippen molar-refractivity contribution in [3.8, 4) is 0 Å². The van der Waals surface area contributed by atoms with E-state index in [0.717, 1.165) is 38.2 Å². The second-order valence-corrected chi connectivity index (χ2v) is 8.51. The summed E-state index contributed by atoms with van der Waals surface area (Å²) >= 11 is 0. The Morgan fingerprint density at radius 3 is 2.38 bits per heavy atom. The Morgan fingerprint density at radius 2 is 1.69 bits per heavy atom. The molecule has 2 aliphatic heterocycles. The molecule has 0 N–H and O–H groups in total. The van der Waals surface area contributed by atoms with Gasteiger partial charge in [-0.3, -0.25) is 4.90 Å². The molecule has 1 aromatic carbocycles. The van der Waals surface area contributed by atoms with Gasteiger partial charge in [0.25, 0.3) is 0 Å². The average molecular weight is 402 g/mol. The predicted octanol–water partition coefficient (Wildman–Crippen LogP) is 2.95. The Balaban J connectivity index is 1.19. The highest BCUT2D eigenvalue weighted by molar-refractivity contribution is 5.69. The van der Waals surface area contributed by atoms with Gasteiger partial charge in [0, 0.05) is 50.7 Å². The molecule has 7 nitrogen and oxygen atoms in total. The normalized spacial score (nSPS) is 23.7. The average Bonchev–Trinajstić information content (AvgIpc) is 3.18. The molecular formula is C22H31N3O4. The van der Waals surface area contributed by atoms with Gasteiger partial charge in [-0.1, -0.05) is 30.3 Å². The smallest absolute Gasteiger partial charge is 0.410 e. The highest BCUT2D eigenvalue weighted by Crippen LogP contribution is 2.47. The van der Waals surface area contributed by atoms with Crippen molar-refractivity contribution in [2.45, 2.75) is 38.8 Å². The molecule has 0 radical (unpaired) electrons. The van der Waals surface area contributed by atoms with E-state index in [0.29, 0.717) is 32.3 Å². The van der Waals surface area contributed by atoms with E-state index in [2.05, 4.69) is 4.90 Å². The number of nitrogens with zero attached hydrogens (tertiary/aromatic N) is 3. The minimum Gasteiger partial charge on any atom is -0.450 e. The fraction of sp³-hybridized carbons (Fsp3) is 0.636. The van der Waals surface area contributed by atoms with Crippen molar-refractivity contribution in [2.75, 3.05) is 45.9 Å². The van der Waals surface area contributed by atoms with Gasteiger partial charge >= 0.3 is 12.2 Å². The number of amides is 2. The number of piperazine rings is 1. The maximum absolute atomic E-state index is 12.3. The summed E-state index contributed by atoms with van der Waals surface area (Å²) in [7, 11) is 0. The first-order valence-electron chi connectivity index (χ1n) is 10.7. The van der Waals surface area contributed by atoms with E-state index in [1.165, 1.54) is 12.8 Å². The van der Waals surface area contributed by atoms with Crippen molar-refractivity contribution in [1.82, 2.24) is 14.7 Å². The summed E-state index contributed by atoms with van der Waals surface area (Å²) in [6.07, 6.45) is 3.09. The van der Waals surface area contributed by atoms with E-state index in [4.69, 9.17) is 9.47 Å². The van der Waals surface area contributed by atoms with Crippen molar-refractivity contribution in [3.05, 3.63) is 35.9 Å². The molecule has 1 spiro atoms. The molecule has 4 rings (SSSR count). The van der Waals surface area contributed by atoms with Crippen LogP contribution in [0.1, 0.15) is 31.7 Å². The zero-order valence-corrected chi connectivity index (χ0v) is 17.2. The van der Waals surface area contributed by atoms with Crippen molar-refractivity contribution in [3.63, 3.8) is 0 Å². The van der Waals surface area contributed by atoms with E-state index >= 15 is 0 Å². The van der Waals surface area contributed by atoms with Crippen LogP contribution >= 0.6 is 0 Å². The molecule has 2 saturated heterocycles. The maximum atomic E-state index is 12.3. The van der Waals surface area contributed by atoms with Crippen LogP contribution in [0.5, 0.6) is 0 Å². The predicted molar refractivity (Wildman–Crippen MR) is 108 cm³/mol. The highest BCUT2D eigenvalue weighted by Gasteiger charge is 2.51. The van der Waals surface area contributed by atoms with E-state index in [1.807, 2.05) is 47.1 Å². The molecule has 1 atom stereocenters. The summed E-state index contributed by atoms with van der Waals surface area (Å²) in [6, 6.07) is 10.3. The molecule has 7 heteroatoms. The van der Waals surface area contributed by atoms with Gasteiger partial charge in [-0.2, -0.15) is 0 Å². The van der Waals surface area contributed by atoms with Crippen LogP contribution in [0.2, 0.25) is 0 Å². The number of hydrogen-bond donors (Lipinski definition) is 0. The topological polar surface area (TPSA) is 62.3 Å². The minimum atomic E-state index is -0.222. The SMILES string of the molecule is CCOC(=O)N1CC2(CC[C@H](N3CCN(C(=O)OCc4ccccc4)CC3)C2)C1. The van der Waals surface area contributed by atoms with Crippen LogP contribution in [-0.4, -0.2) is 78.8 Å². The molecule has 2 heterocycles. The lowest BCUT2D eigenvalue weighted by molar-refractivity contribution is -0.00488. The molecule has 158 valence electrons. The van der Waals surface area contributed by atoms with E-state index in [1.54, 1.807) is 0 Å². The van der Waals surface area contributed by atoms with Gasteiger partial charge in [0.05, 0.1) is 6.61 Å². The maximum Gasteiger partial charge on any atom is 0.410 e. The lowest BCUT2D eigenvalue weighted by Crippen LogP contribution is -2.58. The van der Waals surface area contributed by atoms with Crippen molar-refractivity contribution >= 4 is 12.2 Å². The third kappa shape index (κ3) is 4.50. The van der Waals surface area contributed by atoms with Crippen LogP contribution in [0.4, 0.5) is 9.59 Å². The van der Waals surface area contributed by atoms with Crippen LogP contribution in [0, 0.1) is 5.41 Å². The van der Waals surface area contributed by atoms with Crippen LogP contribution in [0.25, 0.3) is 0 Å². The number of benzene rings is 1. The Hall–Kier alpha value is -2.28. The quantitative estimate of drug-likeness (QED) is 0.776. The van der Waals surface area contributed by atoms with Gasteiger partial charge in [-0.05, 0) is 31.7 Å². The molecule has 2 amide bonds. The molecule has 1 aliphatic carbocycles. The number of carbonyl (C=O) groups is 2. The standard InChI is InChI=1S/C22H31N3O4/c1-2-28-21(27)25-16-22(17-25)9-8-19(14-22)23-10-12-24(13-11-23)20(26)29-15-18-6-4-3-5-7-18/h3-7,19H,2,8-17H2,1H3/t19-/m0/s1. The number of ether oxygens (including phenoxy) is 2. The number of rotatable bonds is 4. The van der Waals surface area contributed by atoms with Gasteiger partial charge in [0.15, 0.2) is 0 Å². The summed E-state index contributed by atoms with van der Waals surface area (Å²) in [5, 5.41) is 0. The van der Waals surface area contributed by atoms with Crippen molar-refractivity contribution in [1.29, 1.82) is 0 Å². The van der Waals surface area contributed by atoms with E-state index in [9.17, 15) is 9.59 Å². The summed E-state index contributed by atoms with van der Waals surface area (Å²) in [5.74, 6) is 0. The van der Waals surface area contributed by atoms with Crippen LogP contribution in [0.3, 0.4) is 0 Å². The Morgan fingerprint density at radius 1 is 1.00 bits per heavy atom. The van der Waals surface area contributed by atoms with Gasteiger partial charge in [0.2, 0.25) is 0 Å². The fourth-order valence-electron chi connectivity index (χ4n) is 4.96. The van der Waals surface area contributed by atoms with Gasteiger partial charge in [-0.15, -0.1) is 0 Å². The molecule has 0 bridgehead atoms. The highest BCUT2D eigenvalue weighted by atomic mass is 16.6. The number of carbonyl (C=O) groups excluding carboxylic acids is 2. The molecule has 0 aromatic heterocycles. The third-order valence-corrected chi connectivity index (χ3v) is 6.55. The lowest BCUT2D eigenvalue weighted by Gasteiger charge is -2.48. The van der Waals surface area contributed by atoms with Gasteiger partial charge in [0.1, 0.15) is 6.61 Å². The van der Waals surface area contributed by atoms with Crippen LogP contribution < -0.4 is 0 Å². The summed E-state index contributed by atoms with van der Waals surface area (Å²) in [6.45, 7) is 7.47. The number of hydrogen-bond acceptors (Lipinski definition) is 5. The summed E-state index contributed by atoms with van der Waals surface area (Å²) in [4.78, 5) is 30.3. The second kappa shape index (κ2) is 8.61. The van der Waals surface area contributed by atoms with Crippen LogP contribution in [0.15, 0.2) is 30.3 Å². The fourth-order valence-corrected chi connectivity index (χ4v) is 4.96. The Kier molecular flexibility index (Phi) is 5.94. The molecular weight excluding hydrogens is 370 g/mol. The lowest BCUT2D eigenvalue weighted by atomic mass is 9.78. The summed E-state index contributed by atoms with van der Waals surface area (Å²) in [5.41, 5.74) is 1.29. The van der Waals surface area contributed by atoms with E-state index < -0.39 is 0 Å². The van der Waals surface area contributed by atoms with E-state index in [-0.39, 0.29) is 17.6 Å². The molecule has 3 aliphatic rings. The first-order chi connectivity index (χ1) is 14.1. The van der Waals surface area contributed by atoms with Crippen LogP contribution in [-0.2, 0) is 16.1 Å². The zero-order chi connectivity index (χ0) is 20.3. The summed E-state index contributed by atoms with van der Waals surface area (Å²) < 4.78 is 10.6. The van der Waals surface area contributed by atoms with Crippen molar-refractivity contribution < 1.29 is 19.1 Å². The molecule has 1 aromatic rings.